The number of phenols is 1. The second-order valence-electron chi connectivity index (χ2n) is 7.37. The third-order valence-corrected chi connectivity index (χ3v) is 5.80. The number of nitrogen functional groups attached to an aromatic ring is 1. The Morgan fingerprint density at radius 1 is 0.941 bits per heavy atom. The summed E-state index contributed by atoms with van der Waals surface area (Å²) in [6.07, 6.45) is 0. The van der Waals surface area contributed by atoms with E-state index in [4.69, 9.17) is 31.5 Å². The second kappa shape index (κ2) is 8.99. The number of aromatic nitrogens is 1. The summed E-state index contributed by atoms with van der Waals surface area (Å²) in [5, 5.41) is 11.0. The lowest BCUT2D eigenvalue weighted by Gasteiger charge is -2.20. The number of carbonyl (C=O) groups is 1. The summed E-state index contributed by atoms with van der Waals surface area (Å²) >= 11 is 6.36. The summed E-state index contributed by atoms with van der Waals surface area (Å²) in [5.41, 5.74) is 7.01. The normalized spacial score (nSPS) is 10.8. The van der Waals surface area contributed by atoms with E-state index in [2.05, 4.69) is 0 Å². The maximum absolute atomic E-state index is 13.6. The molecule has 0 atom stereocenters. The summed E-state index contributed by atoms with van der Waals surface area (Å²) in [5.74, 6) is -0.226. The second-order valence-corrected chi connectivity index (χ2v) is 7.75. The molecule has 1 heterocycles. The molecule has 8 nitrogen and oxygen atoms in total. The zero-order valence-electron chi connectivity index (χ0n) is 18.6. The molecule has 0 aliphatic rings. The Morgan fingerprint density at radius 3 is 2.12 bits per heavy atom. The number of anilines is 1. The van der Waals surface area contributed by atoms with E-state index in [-0.39, 0.29) is 21.9 Å². The van der Waals surface area contributed by atoms with E-state index >= 15 is 0 Å². The Morgan fingerprint density at radius 2 is 1.56 bits per heavy atom. The Kier molecular flexibility index (Phi) is 6.08. The van der Waals surface area contributed by atoms with E-state index in [9.17, 15) is 14.7 Å². The van der Waals surface area contributed by atoms with Gasteiger partial charge in [-0.3, -0.25) is 9.36 Å². The van der Waals surface area contributed by atoms with Crippen LogP contribution in [0, 0.1) is 0 Å². The third kappa shape index (κ3) is 3.78. The van der Waals surface area contributed by atoms with Crippen molar-refractivity contribution in [2.45, 2.75) is 0 Å². The molecule has 34 heavy (non-hydrogen) atoms. The predicted molar refractivity (Wildman–Crippen MR) is 131 cm³/mol. The molecule has 0 bridgehead atoms. The number of rotatable bonds is 5. The van der Waals surface area contributed by atoms with Crippen LogP contribution in [-0.2, 0) is 4.74 Å². The maximum Gasteiger partial charge on any atom is 0.355 e. The first kappa shape index (κ1) is 23.0. The van der Waals surface area contributed by atoms with Gasteiger partial charge in [-0.1, -0.05) is 11.6 Å². The molecule has 0 fully saturated rings. The number of benzene rings is 3. The molecule has 0 saturated carbocycles. The molecule has 9 heteroatoms. The van der Waals surface area contributed by atoms with Crippen molar-refractivity contribution in [3.8, 4) is 34.1 Å². The number of hydrogen-bond acceptors (Lipinski definition) is 7. The Bertz CT molecular complexity index is 1450. The monoisotopic (exact) mass is 480 g/mol. The summed E-state index contributed by atoms with van der Waals surface area (Å²) in [7, 11) is 4.14. The fourth-order valence-corrected chi connectivity index (χ4v) is 4.12. The number of hydrogen-bond donors (Lipinski definition) is 2. The van der Waals surface area contributed by atoms with Crippen LogP contribution in [0.15, 0.2) is 59.4 Å². The minimum atomic E-state index is -0.744. The number of nitrogens with two attached hydrogens (primary N) is 1. The Labute approximate surface area is 199 Å². The van der Waals surface area contributed by atoms with Gasteiger partial charge in [-0.2, -0.15) is 0 Å². The summed E-state index contributed by atoms with van der Waals surface area (Å²) in [6.45, 7) is 0. The highest BCUT2D eigenvalue weighted by atomic mass is 35.5. The average molecular weight is 481 g/mol. The zero-order valence-corrected chi connectivity index (χ0v) is 19.3. The number of esters is 1. The van der Waals surface area contributed by atoms with Crippen LogP contribution in [0.3, 0.4) is 0 Å². The third-order valence-electron chi connectivity index (χ3n) is 5.43. The first-order valence-corrected chi connectivity index (χ1v) is 10.5. The molecule has 1 aromatic heterocycles. The molecule has 0 saturated heterocycles. The van der Waals surface area contributed by atoms with Crippen molar-refractivity contribution in [2.24, 2.45) is 0 Å². The smallest absolute Gasteiger partial charge is 0.355 e. The number of nitrogens with zero attached hydrogens (tertiary/aromatic N) is 1. The molecule has 3 N–H and O–H groups in total. The minimum Gasteiger partial charge on any atom is -0.508 e. The molecule has 3 aromatic carbocycles. The highest BCUT2D eigenvalue weighted by Crippen LogP contribution is 2.42. The zero-order chi connectivity index (χ0) is 24.6. The lowest BCUT2D eigenvalue weighted by molar-refractivity contribution is 0.0591. The van der Waals surface area contributed by atoms with Crippen LogP contribution >= 0.6 is 11.6 Å². The molecule has 0 radical (unpaired) electrons. The van der Waals surface area contributed by atoms with Crippen LogP contribution in [0.5, 0.6) is 17.2 Å². The lowest BCUT2D eigenvalue weighted by Crippen LogP contribution is -2.26. The number of methoxy groups -OCH3 is 3. The summed E-state index contributed by atoms with van der Waals surface area (Å²) < 4.78 is 17.1. The average Bonchev–Trinajstić information content (AvgIpc) is 2.84. The highest BCUT2D eigenvalue weighted by Gasteiger charge is 2.26. The summed E-state index contributed by atoms with van der Waals surface area (Å²) in [4.78, 5) is 26.8. The van der Waals surface area contributed by atoms with Gasteiger partial charge in [0.05, 0.1) is 26.7 Å². The molecule has 4 aromatic rings. The van der Waals surface area contributed by atoms with E-state index in [1.54, 1.807) is 42.5 Å². The predicted octanol–water partition coefficient (Wildman–Crippen LogP) is 4.40. The van der Waals surface area contributed by atoms with Crippen molar-refractivity contribution >= 4 is 34.0 Å². The van der Waals surface area contributed by atoms with Gasteiger partial charge in [0.25, 0.3) is 5.56 Å². The van der Waals surface area contributed by atoms with Gasteiger partial charge in [-0.25, -0.2) is 4.79 Å². The lowest BCUT2D eigenvalue weighted by atomic mass is 9.95. The number of phenolic OH excluding ortho intramolecular Hbond substituents is 1. The van der Waals surface area contributed by atoms with E-state index in [0.29, 0.717) is 39.4 Å². The largest absolute Gasteiger partial charge is 0.508 e. The van der Waals surface area contributed by atoms with Gasteiger partial charge in [0.1, 0.15) is 28.0 Å². The summed E-state index contributed by atoms with van der Waals surface area (Å²) in [6, 6.07) is 14.1. The number of fused-ring (bicyclic) bond motifs is 1. The fourth-order valence-electron chi connectivity index (χ4n) is 3.85. The van der Waals surface area contributed by atoms with Crippen LogP contribution in [0.2, 0.25) is 5.02 Å². The van der Waals surface area contributed by atoms with Crippen LogP contribution in [0.25, 0.3) is 27.6 Å². The quantitative estimate of drug-likeness (QED) is 0.321. The van der Waals surface area contributed by atoms with Crippen molar-refractivity contribution in [2.75, 3.05) is 27.1 Å². The van der Waals surface area contributed by atoms with Crippen molar-refractivity contribution in [3.05, 3.63) is 75.7 Å². The van der Waals surface area contributed by atoms with Crippen LogP contribution < -0.4 is 20.8 Å². The number of carbonyl (C=O) groups excluding carboxylic acids is 1. The van der Waals surface area contributed by atoms with E-state index in [1.165, 1.54) is 38.0 Å². The molecule has 4 rings (SSSR count). The van der Waals surface area contributed by atoms with Gasteiger partial charge in [0, 0.05) is 16.9 Å². The molecule has 0 amide bonds. The maximum atomic E-state index is 13.6. The van der Waals surface area contributed by atoms with Gasteiger partial charge < -0.3 is 25.1 Å². The first-order chi connectivity index (χ1) is 16.3. The van der Waals surface area contributed by atoms with Crippen LogP contribution in [0.1, 0.15) is 10.5 Å². The fraction of sp³-hybridized carbons (Fsp3) is 0.120. The molecule has 0 unspecified atom stereocenters. The number of ether oxygens (including phenoxy) is 3. The van der Waals surface area contributed by atoms with Gasteiger partial charge in [-0.05, 0) is 65.5 Å². The molecule has 0 aliphatic heterocycles. The molecule has 0 aliphatic carbocycles. The van der Waals surface area contributed by atoms with Crippen LogP contribution in [0.4, 0.5) is 5.69 Å². The molecular formula is C25H21ClN2O6. The van der Waals surface area contributed by atoms with Crippen molar-refractivity contribution < 1.29 is 24.1 Å². The standard InChI is InChI=1S/C25H21ClN2O6/c1-32-19-10-13(11-20(33-2)22(19)26)21-17-9-8-16(29)12-18(17)24(30)28(23(21)25(31)34-3)15-6-4-14(27)5-7-15/h4-12,29H,27H2,1-3H3. The van der Waals surface area contributed by atoms with Gasteiger partial charge in [0.15, 0.2) is 0 Å². The minimum absolute atomic E-state index is 0.0260. The number of halogens is 1. The topological polar surface area (TPSA) is 113 Å². The molecular weight excluding hydrogens is 460 g/mol. The van der Waals surface area contributed by atoms with Gasteiger partial charge in [0.2, 0.25) is 0 Å². The number of aromatic hydroxyl groups is 1. The first-order valence-electron chi connectivity index (χ1n) is 10.1. The van der Waals surface area contributed by atoms with Crippen molar-refractivity contribution in [3.63, 3.8) is 0 Å². The van der Waals surface area contributed by atoms with E-state index in [0.717, 1.165) is 0 Å². The molecule has 0 spiro atoms. The Hall–Kier alpha value is -4.17. The highest BCUT2D eigenvalue weighted by molar-refractivity contribution is 6.33. The van der Waals surface area contributed by atoms with Crippen molar-refractivity contribution in [1.29, 1.82) is 0 Å². The van der Waals surface area contributed by atoms with E-state index in [1.807, 2.05) is 0 Å². The molecule has 174 valence electrons. The number of pyridine rings is 1. The van der Waals surface area contributed by atoms with E-state index < -0.39 is 11.5 Å². The SMILES string of the molecule is COC(=O)c1c(-c2cc(OC)c(Cl)c(OC)c2)c2ccc(O)cc2c(=O)n1-c1ccc(N)cc1. The van der Waals surface area contributed by atoms with Gasteiger partial charge in [-0.15, -0.1) is 0 Å². The van der Waals surface area contributed by atoms with Crippen LogP contribution in [-0.4, -0.2) is 37.0 Å². The Balaban J connectivity index is 2.26. The van der Waals surface area contributed by atoms with Crippen molar-refractivity contribution in [1.82, 2.24) is 4.57 Å². The van der Waals surface area contributed by atoms with Gasteiger partial charge >= 0.3 is 5.97 Å².